The maximum absolute atomic E-state index is 12.3. The molecule has 124 valence electrons. The van der Waals surface area contributed by atoms with E-state index in [2.05, 4.69) is 18.9 Å². The van der Waals surface area contributed by atoms with Crippen molar-refractivity contribution in [2.45, 2.75) is 53.7 Å². The Kier molecular flexibility index (Phi) is 5.59. The Hall–Kier alpha value is -2.10. The Labute approximate surface area is 138 Å². The number of benzene rings is 1. The summed E-state index contributed by atoms with van der Waals surface area (Å²) in [4.78, 5) is 12.3. The standard InChI is InChI=1S/C19H26N2O2/c1-13(2)12-21-15(4)18(14(3)20-21)11-19(22)23-16(5)17-9-7-6-8-10-17/h6-10,13,16H,11-12H2,1-5H3. The van der Waals surface area contributed by atoms with Crippen molar-refractivity contribution < 1.29 is 9.53 Å². The monoisotopic (exact) mass is 314 g/mol. The first kappa shape index (κ1) is 17.3. The van der Waals surface area contributed by atoms with Gasteiger partial charge < -0.3 is 4.74 Å². The lowest BCUT2D eigenvalue weighted by Gasteiger charge is -2.13. The van der Waals surface area contributed by atoms with E-state index in [-0.39, 0.29) is 18.5 Å². The Balaban J connectivity index is 2.04. The summed E-state index contributed by atoms with van der Waals surface area (Å²) in [5, 5.41) is 4.55. The van der Waals surface area contributed by atoms with E-state index >= 15 is 0 Å². The lowest BCUT2D eigenvalue weighted by atomic mass is 10.1. The molecule has 0 aliphatic rings. The summed E-state index contributed by atoms with van der Waals surface area (Å²) in [6.07, 6.45) is 0.0300. The maximum atomic E-state index is 12.3. The van der Waals surface area contributed by atoms with Crippen LogP contribution in [0.4, 0.5) is 0 Å². The topological polar surface area (TPSA) is 44.1 Å². The fourth-order valence-corrected chi connectivity index (χ4v) is 2.69. The van der Waals surface area contributed by atoms with E-state index in [0.717, 1.165) is 29.1 Å². The summed E-state index contributed by atoms with van der Waals surface area (Å²) in [5.41, 5.74) is 3.95. The van der Waals surface area contributed by atoms with Crippen molar-refractivity contribution in [3.05, 3.63) is 52.8 Å². The van der Waals surface area contributed by atoms with Gasteiger partial charge in [-0.25, -0.2) is 0 Å². The minimum atomic E-state index is -0.241. The lowest BCUT2D eigenvalue weighted by Crippen LogP contribution is -2.13. The molecule has 0 fully saturated rings. The molecule has 0 spiro atoms. The second-order valence-corrected chi connectivity index (χ2v) is 6.44. The van der Waals surface area contributed by atoms with Crippen LogP contribution in [0.15, 0.2) is 30.3 Å². The molecular weight excluding hydrogens is 288 g/mol. The van der Waals surface area contributed by atoms with Crippen LogP contribution < -0.4 is 0 Å². The van der Waals surface area contributed by atoms with Crippen LogP contribution in [0.2, 0.25) is 0 Å². The molecule has 0 saturated heterocycles. The van der Waals surface area contributed by atoms with E-state index in [1.54, 1.807) is 0 Å². The predicted octanol–water partition coefficient (Wildman–Crippen LogP) is 4.00. The molecule has 0 aliphatic heterocycles. The number of carbonyl (C=O) groups is 1. The molecule has 4 nitrogen and oxygen atoms in total. The Morgan fingerprint density at radius 3 is 2.43 bits per heavy atom. The van der Waals surface area contributed by atoms with Crippen LogP contribution in [-0.4, -0.2) is 15.7 Å². The van der Waals surface area contributed by atoms with E-state index in [0.29, 0.717) is 5.92 Å². The van der Waals surface area contributed by atoms with Gasteiger partial charge in [0.25, 0.3) is 0 Å². The third kappa shape index (κ3) is 4.44. The van der Waals surface area contributed by atoms with Crippen molar-refractivity contribution in [1.29, 1.82) is 0 Å². The molecule has 23 heavy (non-hydrogen) atoms. The van der Waals surface area contributed by atoms with Crippen LogP contribution in [0.1, 0.15) is 49.4 Å². The van der Waals surface area contributed by atoms with Crippen molar-refractivity contribution in [2.24, 2.45) is 5.92 Å². The zero-order chi connectivity index (χ0) is 17.0. The summed E-state index contributed by atoms with van der Waals surface area (Å²) in [5.74, 6) is 0.308. The number of carbonyl (C=O) groups excluding carboxylic acids is 1. The van der Waals surface area contributed by atoms with Crippen molar-refractivity contribution in [3.63, 3.8) is 0 Å². The number of hydrogen-bond donors (Lipinski definition) is 0. The largest absolute Gasteiger partial charge is 0.458 e. The number of aryl methyl sites for hydroxylation is 1. The molecule has 1 atom stereocenters. The summed E-state index contributed by atoms with van der Waals surface area (Å²) in [7, 11) is 0. The Morgan fingerprint density at radius 2 is 1.83 bits per heavy atom. The SMILES string of the molecule is Cc1nn(CC(C)C)c(C)c1CC(=O)OC(C)c1ccccc1. The van der Waals surface area contributed by atoms with Gasteiger partial charge in [-0.1, -0.05) is 44.2 Å². The average Bonchev–Trinajstić information content (AvgIpc) is 2.75. The minimum absolute atomic E-state index is 0.211. The normalized spacial score (nSPS) is 12.4. The number of hydrogen-bond acceptors (Lipinski definition) is 3. The third-order valence-electron chi connectivity index (χ3n) is 3.97. The van der Waals surface area contributed by atoms with Gasteiger partial charge in [-0.2, -0.15) is 5.10 Å². The number of ether oxygens (including phenoxy) is 1. The Morgan fingerprint density at radius 1 is 1.17 bits per heavy atom. The van der Waals surface area contributed by atoms with Crippen LogP contribution in [0.3, 0.4) is 0 Å². The van der Waals surface area contributed by atoms with Crippen LogP contribution in [-0.2, 0) is 22.5 Å². The molecule has 0 bridgehead atoms. The van der Waals surface area contributed by atoms with E-state index in [1.807, 2.05) is 55.8 Å². The van der Waals surface area contributed by atoms with Gasteiger partial charge in [-0.3, -0.25) is 9.48 Å². The van der Waals surface area contributed by atoms with Gasteiger partial charge in [0.05, 0.1) is 12.1 Å². The average molecular weight is 314 g/mol. The van der Waals surface area contributed by atoms with Gasteiger partial charge >= 0.3 is 5.97 Å². The third-order valence-corrected chi connectivity index (χ3v) is 3.97. The van der Waals surface area contributed by atoms with Crippen molar-refractivity contribution in [2.75, 3.05) is 0 Å². The fraction of sp³-hybridized carbons (Fsp3) is 0.474. The number of esters is 1. The highest BCUT2D eigenvalue weighted by atomic mass is 16.5. The van der Waals surface area contributed by atoms with Gasteiger partial charge in [-0.15, -0.1) is 0 Å². The molecule has 2 rings (SSSR count). The summed E-state index contributed by atoms with van der Waals surface area (Å²) in [6.45, 7) is 11.0. The minimum Gasteiger partial charge on any atom is -0.458 e. The first-order valence-corrected chi connectivity index (χ1v) is 8.15. The second-order valence-electron chi connectivity index (χ2n) is 6.44. The first-order valence-electron chi connectivity index (χ1n) is 8.15. The number of nitrogens with zero attached hydrogens (tertiary/aromatic N) is 2. The van der Waals surface area contributed by atoms with Crippen molar-refractivity contribution in [1.82, 2.24) is 9.78 Å². The maximum Gasteiger partial charge on any atom is 0.310 e. The molecule has 1 aromatic heterocycles. The van der Waals surface area contributed by atoms with Crippen molar-refractivity contribution in [3.8, 4) is 0 Å². The van der Waals surface area contributed by atoms with Gasteiger partial charge in [0, 0.05) is 17.8 Å². The highest BCUT2D eigenvalue weighted by Gasteiger charge is 2.18. The molecule has 1 unspecified atom stereocenters. The van der Waals surface area contributed by atoms with Crippen molar-refractivity contribution >= 4 is 5.97 Å². The molecule has 0 amide bonds. The van der Waals surface area contributed by atoms with Gasteiger partial charge in [0.1, 0.15) is 6.10 Å². The highest BCUT2D eigenvalue weighted by molar-refractivity contribution is 5.73. The molecule has 0 aliphatic carbocycles. The summed E-state index contributed by atoms with van der Waals surface area (Å²) < 4.78 is 7.55. The highest BCUT2D eigenvalue weighted by Crippen LogP contribution is 2.20. The quantitative estimate of drug-likeness (QED) is 0.757. The molecule has 4 heteroatoms. The number of rotatable bonds is 6. The molecule has 0 N–H and O–H groups in total. The zero-order valence-corrected chi connectivity index (χ0v) is 14.7. The van der Waals surface area contributed by atoms with Crippen LogP contribution >= 0.6 is 0 Å². The second kappa shape index (κ2) is 7.44. The van der Waals surface area contributed by atoms with Crippen LogP contribution in [0.5, 0.6) is 0 Å². The lowest BCUT2D eigenvalue weighted by molar-refractivity contribution is -0.147. The first-order chi connectivity index (χ1) is 10.9. The van der Waals surface area contributed by atoms with Gasteiger partial charge in [0.2, 0.25) is 0 Å². The van der Waals surface area contributed by atoms with Gasteiger partial charge in [-0.05, 0) is 32.3 Å². The molecule has 0 saturated carbocycles. The zero-order valence-electron chi connectivity index (χ0n) is 14.7. The number of aromatic nitrogens is 2. The molecule has 0 radical (unpaired) electrons. The summed E-state index contributed by atoms with van der Waals surface area (Å²) >= 11 is 0. The van der Waals surface area contributed by atoms with Crippen LogP contribution in [0, 0.1) is 19.8 Å². The molecule has 1 aromatic carbocycles. The molecule has 1 heterocycles. The van der Waals surface area contributed by atoms with E-state index < -0.39 is 0 Å². The molecular formula is C19H26N2O2. The predicted molar refractivity (Wildman–Crippen MR) is 91.2 cm³/mol. The smallest absolute Gasteiger partial charge is 0.310 e. The fourth-order valence-electron chi connectivity index (χ4n) is 2.69. The van der Waals surface area contributed by atoms with Gasteiger partial charge in [0.15, 0.2) is 0 Å². The van der Waals surface area contributed by atoms with E-state index in [9.17, 15) is 4.79 Å². The Bertz CT molecular complexity index is 660. The summed E-state index contributed by atoms with van der Waals surface area (Å²) in [6, 6.07) is 9.78. The van der Waals surface area contributed by atoms with E-state index in [1.165, 1.54) is 0 Å². The van der Waals surface area contributed by atoms with Crippen LogP contribution in [0.25, 0.3) is 0 Å². The van der Waals surface area contributed by atoms with E-state index in [4.69, 9.17) is 4.74 Å². The molecule has 2 aromatic rings.